The van der Waals surface area contributed by atoms with Gasteiger partial charge in [0.25, 0.3) is 11.8 Å². The van der Waals surface area contributed by atoms with Crippen LogP contribution in [0.5, 0.6) is 5.88 Å². The molecule has 0 saturated heterocycles. The molecule has 3 aromatic rings. The molecule has 0 saturated carbocycles. The number of hydrogen-bond acceptors (Lipinski definition) is 4. The predicted octanol–water partition coefficient (Wildman–Crippen LogP) is 4.16. The summed E-state index contributed by atoms with van der Waals surface area (Å²) in [6, 6.07) is 9.67. The Morgan fingerprint density at radius 1 is 1.17 bits per heavy atom. The third kappa shape index (κ3) is 4.17. The van der Waals surface area contributed by atoms with Gasteiger partial charge in [0, 0.05) is 44.5 Å². The maximum absolute atomic E-state index is 13.1. The smallest absolute Gasteiger partial charge is 0.278 e. The fourth-order valence-electron chi connectivity index (χ4n) is 3.42. The maximum atomic E-state index is 13.1. The highest BCUT2D eigenvalue weighted by Gasteiger charge is 2.33. The summed E-state index contributed by atoms with van der Waals surface area (Å²) in [5.41, 5.74) is 4.06. The lowest BCUT2D eigenvalue weighted by atomic mass is 10.1. The minimum Gasteiger partial charge on any atom is -0.471 e. The van der Waals surface area contributed by atoms with E-state index in [2.05, 4.69) is 10.1 Å². The Bertz CT molecular complexity index is 1060. The van der Waals surface area contributed by atoms with Gasteiger partial charge in [-0.1, -0.05) is 24.3 Å². The van der Waals surface area contributed by atoms with Crippen molar-refractivity contribution in [3.8, 4) is 17.0 Å². The number of rotatable bonds is 7. The molecular weight excluding hydrogens is 390 g/mol. The van der Waals surface area contributed by atoms with Crippen LogP contribution >= 0.6 is 0 Å². The molecule has 0 spiro atoms. The van der Waals surface area contributed by atoms with Crippen molar-refractivity contribution >= 4 is 5.91 Å². The molecule has 3 heterocycles. The molecule has 156 valence electrons. The summed E-state index contributed by atoms with van der Waals surface area (Å²) in [4.78, 5) is 18.5. The van der Waals surface area contributed by atoms with Crippen LogP contribution in [0.25, 0.3) is 11.1 Å². The van der Waals surface area contributed by atoms with Crippen LogP contribution in [-0.4, -0.2) is 38.1 Å². The van der Waals surface area contributed by atoms with Crippen molar-refractivity contribution in [2.45, 2.75) is 39.4 Å². The zero-order valence-corrected chi connectivity index (χ0v) is 16.8. The van der Waals surface area contributed by atoms with Gasteiger partial charge in [-0.2, -0.15) is 5.10 Å². The number of carbonyl (C=O) groups is 1. The maximum Gasteiger partial charge on any atom is 0.278 e. The summed E-state index contributed by atoms with van der Waals surface area (Å²) < 4.78 is 33.3. The van der Waals surface area contributed by atoms with E-state index in [1.807, 2.05) is 48.3 Å². The summed E-state index contributed by atoms with van der Waals surface area (Å²) in [7, 11) is 0. The fraction of sp³-hybridized carbons (Fsp3) is 0.318. The molecular formula is C22H22F2N4O2. The topological polar surface area (TPSA) is 60.2 Å². The van der Waals surface area contributed by atoms with Gasteiger partial charge in [-0.15, -0.1) is 0 Å². The van der Waals surface area contributed by atoms with E-state index in [1.54, 1.807) is 11.0 Å². The van der Waals surface area contributed by atoms with Crippen LogP contribution in [0.4, 0.5) is 8.78 Å². The lowest BCUT2D eigenvalue weighted by Crippen LogP contribution is -2.25. The molecule has 0 radical (unpaired) electrons. The molecule has 4 rings (SSSR count). The lowest BCUT2D eigenvalue weighted by Gasteiger charge is -2.16. The summed E-state index contributed by atoms with van der Waals surface area (Å²) in [5.74, 6) is -3.30. The van der Waals surface area contributed by atoms with E-state index in [-0.39, 0.29) is 17.4 Å². The Labute approximate surface area is 173 Å². The van der Waals surface area contributed by atoms with Gasteiger partial charge in [-0.3, -0.25) is 9.48 Å². The van der Waals surface area contributed by atoms with Crippen molar-refractivity contribution < 1.29 is 18.3 Å². The summed E-state index contributed by atoms with van der Waals surface area (Å²) in [6.45, 7) is 3.59. The molecule has 1 aliphatic rings. The molecule has 1 aliphatic heterocycles. The molecule has 0 fully saturated rings. The van der Waals surface area contributed by atoms with Crippen LogP contribution in [-0.2, 0) is 19.6 Å². The van der Waals surface area contributed by atoms with Crippen LogP contribution in [0, 0.1) is 0 Å². The number of halogens is 2. The first-order valence-corrected chi connectivity index (χ1v) is 9.73. The zero-order chi connectivity index (χ0) is 21.3. The first-order chi connectivity index (χ1) is 14.3. The van der Waals surface area contributed by atoms with Crippen molar-refractivity contribution in [3.05, 3.63) is 65.6 Å². The minimum absolute atomic E-state index is 0.0372. The molecule has 0 bridgehead atoms. The van der Waals surface area contributed by atoms with Crippen LogP contribution < -0.4 is 4.74 Å². The first kappa shape index (κ1) is 20.0. The molecule has 8 heteroatoms. The van der Waals surface area contributed by atoms with Crippen LogP contribution in [0.2, 0.25) is 0 Å². The third-order valence-electron chi connectivity index (χ3n) is 4.95. The van der Waals surface area contributed by atoms with E-state index < -0.39 is 12.5 Å². The van der Waals surface area contributed by atoms with E-state index in [1.165, 1.54) is 6.20 Å². The highest BCUT2D eigenvalue weighted by Crippen LogP contribution is 2.31. The van der Waals surface area contributed by atoms with Gasteiger partial charge in [0.05, 0.1) is 6.20 Å². The number of carbonyl (C=O) groups excluding carboxylic acids is 1. The van der Waals surface area contributed by atoms with Crippen molar-refractivity contribution in [1.29, 1.82) is 0 Å². The standard InChI is InChI=1S/C22H22F2N4O2/c1-3-28-13-18(10-26-28)16-6-4-15(5-7-16)11-27-12-17-8-9-25-20(19(17)21(27)29)30-14-22(2,23)24/h4-10,13H,3,11-12,14H2,1-2H3. The first-order valence-electron chi connectivity index (χ1n) is 9.73. The van der Waals surface area contributed by atoms with Crippen LogP contribution in [0.1, 0.15) is 35.3 Å². The predicted molar refractivity (Wildman–Crippen MR) is 107 cm³/mol. The number of pyridine rings is 1. The minimum atomic E-state index is -3.00. The van der Waals surface area contributed by atoms with Crippen molar-refractivity contribution in [1.82, 2.24) is 19.7 Å². The Hall–Kier alpha value is -3.29. The second kappa shape index (κ2) is 7.85. The number of ether oxygens (including phenoxy) is 1. The van der Waals surface area contributed by atoms with Crippen LogP contribution in [0.3, 0.4) is 0 Å². The fourth-order valence-corrected chi connectivity index (χ4v) is 3.42. The van der Waals surface area contributed by atoms with Gasteiger partial charge in [-0.05, 0) is 29.7 Å². The van der Waals surface area contributed by atoms with Gasteiger partial charge in [0.1, 0.15) is 5.56 Å². The molecule has 1 aromatic carbocycles. The molecule has 0 aliphatic carbocycles. The number of amides is 1. The highest BCUT2D eigenvalue weighted by atomic mass is 19.3. The van der Waals surface area contributed by atoms with E-state index in [0.717, 1.165) is 35.7 Å². The largest absolute Gasteiger partial charge is 0.471 e. The normalized spacial score (nSPS) is 13.6. The molecule has 0 N–H and O–H groups in total. The SMILES string of the molecule is CCn1cc(-c2ccc(CN3Cc4ccnc(OCC(C)(F)F)c4C3=O)cc2)cn1. The number of alkyl halides is 2. The van der Waals surface area contributed by atoms with E-state index in [4.69, 9.17) is 4.74 Å². The molecule has 0 unspecified atom stereocenters. The Morgan fingerprint density at radius 3 is 2.60 bits per heavy atom. The van der Waals surface area contributed by atoms with E-state index >= 15 is 0 Å². The highest BCUT2D eigenvalue weighted by molar-refractivity contribution is 6.00. The van der Waals surface area contributed by atoms with E-state index in [0.29, 0.717) is 13.1 Å². The Kier molecular flexibility index (Phi) is 5.24. The van der Waals surface area contributed by atoms with Gasteiger partial charge >= 0.3 is 0 Å². The quantitative estimate of drug-likeness (QED) is 0.585. The number of benzene rings is 1. The molecule has 1 amide bonds. The van der Waals surface area contributed by atoms with Gasteiger partial charge in [0.15, 0.2) is 6.61 Å². The summed E-state index contributed by atoms with van der Waals surface area (Å²) in [5, 5.41) is 4.29. The lowest BCUT2D eigenvalue weighted by molar-refractivity contribution is -0.0245. The monoisotopic (exact) mass is 412 g/mol. The number of nitrogens with zero attached hydrogens (tertiary/aromatic N) is 4. The number of fused-ring (bicyclic) bond motifs is 1. The second-order valence-corrected chi connectivity index (χ2v) is 7.45. The van der Waals surface area contributed by atoms with E-state index in [9.17, 15) is 13.6 Å². The third-order valence-corrected chi connectivity index (χ3v) is 4.95. The molecule has 6 nitrogen and oxygen atoms in total. The van der Waals surface area contributed by atoms with Gasteiger partial charge in [0.2, 0.25) is 5.88 Å². The van der Waals surface area contributed by atoms with Crippen molar-refractivity contribution in [3.63, 3.8) is 0 Å². The molecule has 0 atom stereocenters. The number of aromatic nitrogens is 3. The number of aryl methyl sites for hydroxylation is 1. The summed E-state index contributed by atoms with van der Waals surface area (Å²) >= 11 is 0. The Morgan fingerprint density at radius 2 is 1.93 bits per heavy atom. The zero-order valence-electron chi connectivity index (χ0n) is 16.8. The average Bonchev–Trinajstić information content (AvgIpc) is 3.32. The van der Waals surface area contributed by atoms with Crippen LogP contribution in [0.15, 0.2) is 48.9 Å². The average molecular weight is 412 g/mol. The molecule has 30 heavy (non-hydrogen) atoms. The van der Waals surface area contributed by atoms with Gasteiger partial charge < -0.3 is 9.64 Å². The number of hydrogen-bond donors (Lipinski definition) is 0. The summed E-state index contributed by atoms with van der Waals surface area (Å²) in [6.07, 6.45) is 5.29. The Balaban J connectivity index is 1.47. The van der Waals surface area contributed by atoms with Crippen molar-refractivity contribution in [2.75, 3.05) is 6.61 Å². The second-order valence-electron chi connectivity index (χ2n) is 7.45. The van der Waals surface area contributed by atoms with Crippen molar-refractivity contribution in [2.24, 2.45) is 0 Å². The molecule has 2 aromatic heterocycles. The van der Waals surface area contributed by atoms with Gasteiger partial charge in [-0.25, -0.2) is 13.8 Å².